The minimum Gasteiger partial charge on any atom is -0.497 e. The molecule has 1 saturated heterocycles. The fraction of sp³-hybridized carbons (Fsp3) is 0.375. The Hall–Kier alpha value is -3.10. The molecule has 9 heteroatoms. The van der Waals surface area contributed by atoms with Crippen molar-refractivity contribution in [1.29, 1.82) is 0 Å². The normalized spacial score (nSPS) is 15.7. The molecule has 0 saturated carbocycles. The lowest BCUT2D eigenvalue weighted by atomic mass is 9.97. The molecule has 0 bridgehead atoms. The van der Waals surface area contributed by atoms with Crippen LogP contribution in [0.4, 0.5) is 10.5 Å². The Morgan fingerprint density at radius 1 is 1.18 bits per heavy atom. The molecule has 1 aliphatic heterocycles. The van der Waals surface area contributed by atoms with Crippen molar-refractivity contribution >= 4 is 23.3 Å². The lowest BCUT2D eigenvalue weighted by molar-refractivity contribution is 0.227. The first-order chi connectivity index (χ1) is 16.0. The molecule has 1 aliphatic rings. The van der Waals surface area contributed by atoms with Crippen LogP contribution in [0.3, 0.4) is 0 Å². The maximum Gasteiger partial charge on any atom is 0.319 e. The van der Waals surface area contributed by atoms with E-state index in [1.165, 1.54) is 0 Å². The first kappa shape index (κ1) is 23.1. The van der Waals surface area contributed by atoms with Gasteiger partial charge in [0.25, 0.3) is 0 Å². The molecule has 1 fully saturated rings. The fourth-order valence-electron chi connectivity index (χ4n) is 3.87. The Kier molecular flexibility index (Phi) is 7.47. The molecule has 8 nitrogen and oxygen atoms in total. The summed E-state index contributed by atoms with van der Waals surface area (Å²) < 4.78 is 10.9. The third kappa shape index (κ3) is 6.24. The standard InChI is InChI=1S/C24H28ClN5O3/c1-30-13-11-17(12-14-30)23-28-22(29-33-23)21(15-16-3-9-20(32-2)10-4-16)27-24(31)26-19-7-5-18(25)6-8-19/h3-10,17,21H,11-15H2,1-2H3,(H2,26,27,31). The maximum atomic E-state index is 12.7. The minimum atomic E-state index is -0.463. The van der Waals surface area contributed by atoms with Gasteiger partial charge in [0, 0.05) is 23.0 Å². The largest absolute Gasteiger partial charge is 0.497 e. The van der Waals surface area contributed by atoms with E-state index in [9.17, 15) is 4.79 Å². The number of amides is 2. The van der Waals surface area contributed by atoms with Gasteiger partial charge in [-0.1, -0.05) is 28.9 Å². The van der Waals surface area contributed by atoms with Gasteiger partial charge in [0.2, 0.25) is 5.89 Å². The Bertz CT molecular complexity index is 1050. The molecule has 4 rings (SSSR count). The van der Waals surface area contributed by atoms with Gasteiger partial charge < -0.3 is 24.8 Å². The monoisotopic (exact) mass is 469 g/mol. The zero-order valence-electron chi connectivity index (χ0n) is 18.8. The van der Waals surface area contributed by atoms with Crippen LogP contribution in [0.15, 0.2) is 53.1 Å². The van der Waals surface area contributed by atoms with E-state index in [1.54, 1.807) is 31.4 Å². The summed E-state index contributed by atoms with van der Waals surface area (Å²) in [6.07, 6.45) is 2.46. The SMILES string of the molecule is COc1ccc(CC(NC(=O)Nc2ccc(Cl)cc2)c2noc(C3CCN(C)CC3)n2)cc1. The van der Waals surface area contributed by atoms with Gasteiger partial charge in [-0.2, -0.15) is 4.98 Å². The Morgan fingerprint density at radius 3 is 2.55 bits per heavy atom. The molecule has 2 N–H and O–H groups in total. The van der Waals surface area contributed by atoms with Gasteiger partial charge >= 0.3 is 6.03 Å². The van der Waals surface area contributed by atoms with Gasteiger partial charge in [-0.3, -0.25) is 0 Å². The van der Waals surface area contributed by atoms with Crippen molar-refractivity contribution in [3.8, 4) is 5.75 Å². The number of benzene rings is 2. The van der Waals surface area contributed by atoms with E-state index in [0.29, 0.717) is 28.8 Å². The van der Waals surface area contributed by atoms with Gasteiger partial charge in [-0.25, -0.2) is 4.79 Å². The second-order valence-corrected chi connectivity index (χ2v) is 8.71. The summed E-state index contributed by atoms with van der Waals surface area (Å²) >= 11 is 5.93. The molecule has 33 heavy (non-hydrogen) atoms. The summed E-state index contributed by atoms with van der Waals surface area (Å²) in [6, 6.07) is 13.8. The van der Waals surface area contributed by atoms with Crippen LogP contribution in [0.2, 0.25) is 5.02 Å². The Morgan fingerprint density at radius 2 is 1.88 bits per heavy atom. The van der Waals surface area contributed by atoms with Crippen LogP contribution in [0.25, 0.3) is 0 Å². The molecular formula is C24H28ClN5O3. The van der Waals surface area contributed by atoms with Crippen LogP contribution in [-0.4, -0.2) is 48.3 Å². The quantitative estimate of drug-likeness (QED) is 0.523. The third-order valence-electron chi connectivity index (χ3n) is 5.84. The van der Waals surface area contributed by atoms with Crippen molar-refractivity contribution in [2.45, 2.75) is 31.2 Å². The van der Waals surface area contributed by atoms with E-state index in [4.69, 9.17) is 20.9 Å². The molecule has 2 aromatic carbocycles. The number of methoxy groups -OCH3 is 1. The Balaban J connectivity index is 1.50. The van der Waals surface area contributed by atoms with Crippen molar-refractivity contribution < 1.29 is 14.1 Å². The highest BCUT2D eigenvalue weighted by Crippen LogP contribution is 2.28. The summed E-state index contributed by atoms with van der Waals surface area (Å²) in [5, 5.41) is 10.6. The van der Waals surface area contributed by atoms with Crippen molar-refractivity contribution in [1.82, 2.24) is 20.4 Å². The van der Waals surface area contributed by atoms with Crippen LogP contribution < -0.4 is 15.4 Å². The summed E-state index contributed by atoms with van der Waals surface area (Å²) in [5.41, 5.74) is 1.65. The molecule has 1 atom stereocenters. The number of likely N-dealkylation sites (tertiary alicyclic amines) is 1. The number of ether oxygens (including phenoxy) is 1. The second kappa shape index (κ2) is 10.7. The van der Waals surface area contributed by atoms with E-state index < -0.39 is 6.04 Å². The van der Waals surface area contributed by atoms with Crippen molar-refractivity contribution in [2.75, 3.05) is 32.6 Å². The van der Waals surface area contributed by atoms with Crippen LogP contribution in [0.1, 0.15) is 42.1 Å². The van der Waals surface area contributed by atoms with Gasteiger partial charge in [0.05, 0.1) is 13.2 Å². The maximum absolute atomic E-state index is 12.7. The van der Waals surface area contributed by atoms with Gasteiger partial charge in [0.15, 0.2) is 5.82 Å². The van der Waals surface area contributed by atoms with Crippen LogP contribution >= 0.6 is 11.6 Å². The lowest BCUT2D eigenvalue weighted by Gasteiger charge is -2.26. The number of anilines is 1. The van der Waals surface area contributed by atoms with Crippen LogP contribution in [0.5, 0.6) is 5.75 Å². The first-order valence-electron chi connectivity index (χ1n) is 11.0. The van der Waals surface area contributed by atoms with E-state index in [2.05, 4.69) is 32.7 Å². The minimum absolute atomic E-state index is 0.243. The predicted molar refractivity (Wildman–Crippen MR) is 127 cm³/mol. The lowest BCUT2D eigenvalue weighted by Crippen LogP contribution is -2.34. The first-order valence-corrected chi connectivity index (χ1v) is 11.4. The molecular weight excluding hydrogens is 442 g/mol. The summed E-state index contributed by atoms with van der Waals surface area (Å²) in [6.45, 7) is 2.00. The number of urea groups is 1. The molecule has 3 aromatic rings. The number of nitrogens with one attached hydrogen (secondary N) is 2. The molecule has 1 unspecified atom stereocenters. The van der Waals surface area contributed by atoms with Gasteiger partial charge in [-0.05, 0) is 74.9 Å². The highest BCUT2D eigenvalue weighted by atomic mass is 35.5. The van der Waals surface area contributed by atoms with Crippen LogP contribution in [0, 0.1) is 0 Å². The van der Waals surface area contributed by atoms with E-state index in [-0.39, 0.29) is 11.9 Å². The van der Waals surface area contributed by atoms with Gasteiger partial charge in [-0.15, -0.1) is 0 Å². The number of hydrogen-bond donors (Lipinski definition) is 2. The summed E-state index contributed by atoms with van der Waals surface area (Å²) in [4.78, 5) is 19.7. The van der Waals surface area contributed by atoms with Crippen molar-refractivity contribution in [2.24, 2.45) is 0 Å². The average molecular weight is 470 g/mol. The summed E-state index contributed by atoms with van der Waals surface area (Å²) in [5.74, 6) is 2.11. The molecule has 174 valence electrons. The average Bonchev–Trinajstić information content (AvgIpc) is 3.31. The number of halogens is 1. The molecule has 2 heterocycles. The molecule has 0 aliphatic carbocycles. The number of piperidine rings is 1. The number of nitrogens with zero attached hydrogens (tertiary/aromatic N) is 3. The molecule has 0 radical (unpaired) electrons. The van der Waals surface area contributed by atoms with Crippen molar-refractivity contribution in [3.63, 3.8) is 0 Å². The van der Waals surface area contributed by atoms with E-state index in [0.717, 1.165) is 37.2 Å². The zero-order chi connectivity index (χ0) is 23.2. The summed E-state index contributed by atoms with van der Waals surface area (Å²) in [7, 11) is 3.74. The third-order valence-corrected chi connectivity index (χ3v) is 6.10. The van der Waals surface area contributed by atoms with Gasteiger partial charge in [0.1, 0.15) is 5.75 Å². The fourth-order valence-corrected chi connectivity index (χ4v) is 4.00. The number of carbonyl (C=O) groups excluding carboxylic acids is 1. The number of carbonyl (C=O) groups is 1. The molecule has 0 spiro atoms. The van der Waals surface area contributed by atoms with E-state index in [1.807, 2.05) is 24.3 Å². The number of hydrogen-bond acceptors (Lipinski definition) is 6. The molecule has 1 aromatic heterocycles. The second-order valence-electron chi connectivity index (χ2n) is 8.28. The topological polar surface area (TPSA) is 92.5 Å². The Labute approximate surface area is 198 Å². The molecule has 2 amide bonds. The van der Waals surface area contributed by atoms with Crippen LogP contribution in [-0.2, 0) is 6.42 Å². The number of aromatic nitrogens is 2. The van der Waals surface area contributed by atoms with Crippen molar-refractivity contribution in [3.05, 3.63) is 70.8 Å². The highest BCUT2D eigenvalue weighted by molar-refractivity contribution is 6.30. The zero-order valence-corrected chi connectivity index (χ0v) is 19.5. The number of rotatable bonds is 7. The predicted octanol–water partition coefficient (Wildman–Crippen LogP) is 4.65. The smallest absolute Gasteiger partial charge is 0.319 e. The van der Waals surface area contributed by atoms with E-state index >= 15 is 0 Å². The highest BCUT2D eigenvalue weighted by Gasteiger charge is 2.27.